The maximum absolute atomic E-state index is 5.77. The zero-order valence-electron chi connectivity index (χ0n) is 15.9. The van der Waals surface area contributed by atoms with E-state index in [2.05, 4.69) is 47.4 Å². The summed E-state index contributed by atoms with van der Waals surface area (Å²) in [4.78, 5) is 9.23. The van der Waals surface area contributed by atoms with Gasteiger partial charge in [0, 0.05) is 23.6 Å². The van der Waals surface area contributed by atoms with Crippen LogP contribution in [0.3, 0.4) is 0 Å². The summed E-state index contributed by atoms with van der Waals surface area (Å²) in [6, 6.07) is 21.0. The molecule has 1 fully saturated rings. The summed E-state index contributed by atoms with van der Waals surface area (Å²) >= 11 is 0. The third-order valence-corrected chi connectivity index (χ3v) is 6.05. The molecule has 0 aliphatic heterocycles. The Morgan fingerprint density at radius 2 is 1.64 bits per heavy atom. The number of nitrogens with zero attached hydrogens (tertiary/aromatic N) is 2. The van der Waals surface area contributed by atoms with Gasteiger partial charge in [-0.2, -0.15) is 0 Å². The number of pyridine rings is 1. The molecule has 140 valence electrons. The van der Waals surface area contributed by atoms with Crippen LogP contribution in [0.1, 0.15) is 43.1 Å². The lowest BCUT2D eigenvalue weighted by atomic mass is 9.77. The van der Waals surface area contributed by atoms with Crippen molar-refractivity contribution in [2.75, 3.05) is 0 Å². The van der Waals surface area contributed by atoms with Crippen LogP contribution in [0.5, 0.6) is 0 Å². The molecule has 0 N–H and O–H groups in total. The smallest absolute Gasteiger partial charge is 0.194 e. The Balaban J connectivity index is 1.25. The lowest BCUT2D eigenvalue weighted by Gasteiger charge is -2.28. The molecule has 0 saturated heterocycles. The molecule has 1 aliphatic carbocycles. The number of hydrogen-bond donors (Lipinski definition) is 0. The van der Waals surface area contributed by atoms with Crippen molar-refractivity contribution in [1.29, 1.82) is 0 Å². The minimum atomic E-state index is 0.633. The quantitative estimate of drug-likeness (QED) is 0.418. The highest BCUT2D eigenvalue weighted by atomic mass is 16.3. The predicted molar refractivity (Wildman–Crippen MR) is 112 cm³/mol. The van der Waals surface area contributed by atoms with Crippen molar-refractivity contribution in [3.8, 4) is 11.3 Å². The van der Waals surface area contributed by atoms with Crippen LogP contribution in [0.25, 0.3) is 22.2 Å². The molecule has 0 bridgehead atoms. The molecule has 3 heteroatoms. The Hall–Kier alpha value is -2.94. The minimum absolute atomic E-state index is 0.633. The van der Waals surface area contributed by atoms with Gasteiger partial charge in [0.1, 0.15) is 12.0 Å². The van der Waals surface area contributed by atoms with Crippen LogP contribution in [0.4, 0.5) is 0 Å². The number of oxazole rings is 1. The Morgan fingerprint density at radius 1 is 0.857 bits per heavy atom. The highest BCUT2D eigenvalue weighted by molar-refractivity contribution is 5.82. The molecule has 5 rings (SSSR count). The van der Waals surface area contributed by atoms with Crippen LogP contribution < -0.4 is 0 Å². The molecule has 1 saturated carbocycles. The molecule has 0 atom stereocenters. The maximum Gasteiger partial charge on any atom is 0.194 e. The van der Waals surface area contributed by atoms with Crippen LogP contribution >= 0.6 is 0 Å². The Kier molecular flexibility index (Phi) is 4.66. The summed E-state index contributed by atoms with van der Waals surface area (Å²) < 4.78 is 5.77. The van der Waals surface area contributed by atoms with E-state index in [1.54, 1.807) is 6.26 Å². The van der Waals surface area contributed by atoms with E-state index in [0.29, 0.717) is 11.8 Å². The van der Waals surface area contributed by atoms with E-state index in [9.17, 15) is 0 Å². The van der Waals surface area contributed by atoms with E-state index in [1.807, 2.05) is 24.4 Å². The first kappa shape index (κ1) is 17.2. The van der Waals surface area contributed by atoms with Gasteiger partial charge in [0.2, 0.25) is 0 Å². The number of aromatic nitrogens is 2. The van der Waals surface area contributed by atoms with E-state index in [0.717, 1.165) is 29.1 Å². The third-order valence-electron chi connectivity index (χ3n) is 6.05. The second kappa shape index (κ2) is 7.59. The second-order valence-corrected chi connectivity index (χ2v) is 7.83. The monoisotopic (exact) mass is 368 g/mol. The molecular formula is C25H24N2O. The normalized spacial score (nSPS) is 19.7. The SMILES string of the molecule is c1ccc(-c2coc(C[C@H]3CC[C@@H](c4ccnc5ccccc54)CC3)n2)cc1. The molecule has 1 aliphatic rings. The standard InChI is InChI=1S/C25H24N2O/c1-2-6-20(7-3-1)24-17-28-25(27-24)16-18-10-12-19(13-11-18)21-14-15-26-23-9-5-4-8-22(21)23/h1-9,14-15,17-19H,10-13,16H2/t18-,19+. The number of fused-ring (bicyclic) bond motifs is 1. The number of benzene rings is 2. The molecule has 0 amide bonds. The molecule has 2 aromatic carbocycles. The number of para-hydroxylation sites is 1. The van der Waals surface area contributed by atoms with Crippen LogP contribution in [0.2, 0.25) is 0 Å². The summed E-state index contributed by atoms with van der Waals surface area (Å²) in [6.07, 6.45) is 9.60. The zero-order valence-corrected chi connectivity index (χ0v) is 15.9. The fourth-order valence-electron chi connectivity index (χ4n) is 4.54. The van der Waals surface area contributed by atoms with E-state index in [4.69, 9.17) is 9.40 Å². The molecule has 0 unspecified atom stereocenters. The van der Waals surface area contributed by atoms with Crippen molar-refractivity contribution in [2.45, 2.75) is 38.0 Å². The fraction of sp³-hybridized carbons (Fsp3) is 0.280. The van der Waals surface area contributed by atoms with E-state index >= 15 is 0 Å². The molecule has 28 heavy (non-hydrogen) atoms. The van der Waals surface area contributed by atoms with Crippen LogP contribution in [-0.4, -0.2) is 9.97 Å². The van der Waals surface area contributed by atoms with E-state index in [-0.39, 0.29) is 0 Å². The van der Waals surface area contributed by atoms with Crippen molar-refractivity contribution in [1.82, 2.24) is 9.97 Å². The van der Waals surface area contributed by atoms with E-state index < -0.39 is 0 Å². The Morgan fingerprint density at radius 3 is 2.50 bits per heavy atom. The summed E-state index contributed by atoms with van der Waals surface area (Å²) in [5.74, 6) is 2.16. The summed E-state index contributed by atoms with van der Waals surface area (Å²) in [5, 5.41) is 1.31. The van der Waals surface area contributed by atoms with Gasteiger partial charge >= 0.3 is 0 Å². The largest absolute Gasteiger partial charge is 0.448 e. The van der Waals surface area contributed by atoms with Crippen molar-refractivity contribution in [3.05, 3.63) is 84.6 Å². The first-order valence-electron chi connectivity index (χ1n) is 10.2. The van der Waals surface area contributed by atoms with Gasteiger partial charge in [0.25, 0.3) is 0 Å². The van der Waals surface area contributed by atoms with Crippen molar-refractivity contribution in [3.63, 3.8) is 0 Å². The average molecular weight is 368 g/mol. The van der Waals surface area contributed by atoms with Crippen molar-refractivity contribution < 1.29 is 4.42 Å². The summed E-state index contributed by atoms with van der Waals surface area (Å²) in [6.45, 7) is 0. The molecule has 4 aromatic rings. The topological polar surface area (TPSA) is 38.9 Å². The zero-order chi connectivity index (χ0) is 18.8. The minimum Gasteiger partial charge on any atom is -0.448 e. The molecule has 3 nitrogen and oxygen atoms in total. The van der Waals surface area contributed by atoms with Gasteiger partial charge in [0.15, 0.2) is 5.89 Å². The van der Waals surface area contributed by atoms with Gasteiger partial charge in [0.05, 0.1) is 5.52 Å². The highest BCUT2D eigenvalue weighted by Gasteiger charge is 2.25. The first-order valence-corrected chi connectivity index (χ1v) is 10.2. The number of rotatable bonds is 4. The highest BCUT2D eigenvalue weighted by Crippen LogP contribution is 2.39. The molecule has 0 spiro atoms. The second-order valence-electron chi connectivity index (χ2n) is 7.83. The Bertz CT molecular complexity index is 1060. The summed E-state index contributed by atoms with van der Waals surface area (Å²) in [7, 11) is 0. The van der Waals surface area contributed by atoms with E-state index in [1.165, 1.54) is 36.6 Å². The van der Waals surface area contributed by atoms with Gasteiger partial charge in [-0.05, 0) is 55.2 Å². The number of hydrogen-bond acceptors (Lipinski definition) is 3. The van der Waals surface area contributed by atoms with Gasteiger partial charge in [-0.1, -0.05) is 48.5 Å². The lowest BCUT2D eigenvalue weighted by Crippen LogP contribution is -2.15. The predicted octanol–water partition coefficient (Wildman–Crippen LogP) is 6.41. The van der Waals surface area contributed by atoms with Crippen molar-refractivity contribution >= 4 is 10.9 Å². The van der Waals surface area contributed by atoms with Gasteiger partial charge in [-0.15, -0.1) is 0 Å². The lowest BCUT2D eigenvalue weighted by molar-refractivity contribution is 0.305. The van der Waals surface area contributed by atoms with Gasteiger partial charge < -0.3 is 4.42 Å². The summed E-state index contributed by atoms with van der Waals surface area (Å²) in [5.41, 5.74) is 4.63. The fourth-order valence-corrected chi connectivity index (χ4v) is 4.54. The Labute approximate surface area is 165 Å². The van der Waals surface area contributed by atoms with Crippen LogP contribution in [0, 0.1) is 5.92 Å². The van der Waals surface area contributed by atoms with Crippen molar-refractivity contribution in [2.24, 2.45) is 5.92 Å². The van der Waals surface area contributed by atoms with Crippen LogP contribution in [-0.2, 0) is 6.42 Å². The first-order chi connectivity index (χ1) is 13.9. The van der Waals surface area contributed by atoms with Gasteiger partial charge in [-0.3, -0.25) is 4.98 Å². The molecule has 2 aromatic heterocycles. The molecular weight excluding hydrogens is 344 g/mol. The maximum atomic E-state index is 5.77. The van der Waals surface area contributed by atoms with Crippen LogP contribution in [0.15, 0.2) is 77.5 Å². The third kappa shape index (κ3) is 3.45. The molecule has 0 radical (unpaired) electrons. The van der Waals surface area contributed by atoms with Gasteiger partial charge in [-0.25, -0.2) is 4.98 Å². The average Bonchev–Trinajstić information content (AvgIpc) is 3.23. The molecule has 2 heterocycles.